The van der Waals surface area contributed by atoms with Gasteiger partial charge in [-0.25, -0.2) is 0 Å². The van der Waals surface area contributed by atoms with E-state index in [0.29, 0.717) is 12.8 Å². The first kappa shape index (κ1) is 50.1. The van der Waals surface area contributed by atoms with Crippen molar-refractivity contribution in [3.63, 3.8) is 0 Å². The Morgan fingerprint density at radius 2 is 0.736 bits per heavy atom. The molecular weight excluding hydrogens is 661 g/mol. The minimum absolute atomic E-state index is 0.103. The second kappa shape index (κ2) is 41.9. The normalized spacial score (nSPS) is 12.6. The summed E-state index contributed by atoms with van der Waals surface area (Å²) in [6, 6.07) is 0. The lowest BCUT2D eigenvalue weighted by Gasteiger charge is -2.18. The van der Waals surface area contributed by atoms with Gasteiger partial charge in [-0.3, -0.25) is 14.4 Å². The third-order valence-electron chi connectivity index (χ3n) is 9.07. The number of carbonyl (C=O) groups is 3. The molecule has 6 heteroatoms. The molecule has 304 valence electrons. The molecule has 0 saturated carbocycles. The Morgan fingerprint density at radius 1 is 0.396 bits per heavy atom. The Morgan fingerprint density at radius 3 is 1.15 bits per heavy atom. The smallest absolute Gasteiger partial charge is 0.309 e. The minimum Gasteiger partial charge on any atom is -0.462 e. The summed E-state index contributed by atoms with van der Waals surface area (Å²) in [5.41, 5.74) is 0. The molecule has 0 aliphatic carbocycles. The van der Waals surface area contributed by atoms with Crippen molar-refractivity contribution in [1.29, 1.82) is 0 Å². The summed E-state index contributed by atoms with van der Waals surface area (Å²) < 4.78 is 16.5. The van der Waals surface area contributed by atoms with Gasteiger partial charge in [-0.1, -0.05) is 197 Å². The van der Waals surface area contributed by atoms with Crippen LogP contribution in [0.4, 0.5) is 0 Å². The van der Waals surface area contributed by atoms with Gasteiger partial charge in [0.05, 0.1) is 6.42 Å². The molecule has 0 amide bonds. The minimum atomic E-state index is -0.806. The molecule has 0 aromatic rings. The molecule has 0 bridgehead atoms. The molecule has 0 aliphatic heterocycles. The molecule has 0 spiro atoms. The van der Waals surface area contributed by atoms with Crippen LogP contribution in [0.1, 0.15) is 201 Å². The number of carbonyl (C=O) groups excluding carboxylic acids is 3. The van der Waals surface area contributed by atoms with E-state index in [9.17, 15) is 14.4 Å². The standard InChI is InChI=1S/C47H80O6/c1-4-7-10-13-16-18-20-22-24-26-27-29-31-34-37-40-46(49)52-43-44(42-51-45(48)39-36-33-15-12-9-6-3)53-47(50)41-38-35-32-30-28-25-23-21-19-17-14-11-8-5-2/h7,10,16,18,22,24,27,29,34,37,44H,4-6,8-9,11-15,17,19-21,23,25-26,28,30-33,35-36,38-43H2,1-3H3/b10-7-,18-16-,24-22-,29-27-,37-34-. The highest BCUT2D eigenvalue weighted by Gasteiger charge is 2.19. The molecule has 0 aromatic heterocycles. The van der Waals surface area contributed by atoms with Gasteiger partial charge in [-0.2, -0.15) is 0 Å². The van der Waals surface area contributed by atoms with Crippen LogP contribution in [0.2, 0.25) is 0 Å². The molecule has 6 nitrogen and oxygen atoms in total. The first-order chi connectivity index (χ1) is 26.0. The van der Waals surface area contributed by atoms with Crippen molar-refractivity contribution in [3.05, 3.63) is 60.8 Å². The number of esters is 3. The molecule has 1 unspecified atom stereocenters. The lowest BCUT2D eigenvalue weighted by atomic mass is 10.0. The van der Waals surface area contributed by atoms with Crippen LogP contribution in [0.3, 0.4) is 0 Å². The molecule has 0 rings (SSSR count). The summed E-state index contributed by atoms with van der Waals surface area (Å²) >= 11 is 0. The summed E-state index contributed by atoms with van der Waals surface area (Å²) in [5, 5.41) is 0. The Kier molecular flexibility index (Phi) is 39.6. The van der Waals surface area contributed by atoms with Crippen molar-refractivity contribution >= 4 is 17.9 Å². The Hall–Kier alpha value is -2.89. The first-order valence-electron chi connectivity index (χ1n) is 21.8. The molecule has 1 atom stereocenters. The number of rotatable bonds is 38. The maximum absolute atomic E-state index is 12.7. The van der Waals surface area contributed by atoms with E-state index in [1.807, 2.05) is 6.08 Å². The van der Waals surface area contributed by atoms with Crippen LogP contribution < -0.4 is 0 Å². The van der Waals surface area contributed by atoms with Crippen molar-refractivity contribution in [2.75, 3.05) is 13.2 Å². The van der Waals surface area contributed by atoms with Gasteiger partial charge >= 0.3 is 17.9 Å². The molecule has 0 aromatic carbocycles. The highest BCUT2D eigenvalue weighted by Crippen LogP contribution is 2.14. The van der Waals surface area contributed by atoms with Gasteiger partial charge in [0, 0.05) is 12.8 Å². The van der Waals surface area contributed by atoms with Crippen LogP contribution in [-0.4, -0.2) is 37.2 Å². The fraction of sp³-hybridized carbons (Fsp3) is 0.723. The van der Waals surface area contributed by atoms with E-state index < -0.39 is 12.1 Å². The number of hydrogen-bond donors (Lipinski definition) is 0. The monoisotopic (exact) mass is 741 g/mol. The fourth-order valence-electron chi connectivity index (χ4n) is 5.81. The highest BCUT2D eigenvalue weighted by atomic mass is 16.6. The average molecular weight is 741 g/mol. The molecular formula is C47H80O6. The fourth-order valence-corrected chi connectivity index (χ4v) is 5.81. The van der Waals surface area contributed by atoms with Gasteiger partial charge in [0.25, 0.3) is 0 Å². The second-order valence-electron chi connectivity index (χ2n) is 14.3. The zero-order valence-electron chi connectivity index (χ0n) is 34.5. The molecule has 0 heterocycles. The van der Waals surface area contributed by atoms with E-state index in [4.69, 9.17) is 14.2 Å². The molecule has 0 aliphatic rings. The van der Waals surface area contributed by atoms with Gasteiger partial charge in [0.1, 0.15) is 13.2 Å². The summed E-state index contributed by atoms with van der Waals surface area (Å²) in [5.74, 6) is -1.05. The quantitative estimate of drug-likeness (QED) is 0.0271. The van der Waals surface area contributed by atoms with Crippen molar-refractivity contribution in [2.24, 2.45) is 0 Å². The van der Waals surface area contributed by atoms with Crippen LogP contribution in [0, 0.1) is 0 Å². The molecule has 53 heavy (non-hydrogen) atoms. The SMILES string of the molecule is CC/C=C\C/C=C\C/C=C\C/C=C\C/C=C\CC(=O)OCC(COC(=O)CCCCCCCC)OC(=O)CCCCCCCCCCCCCCCC. The first-order valence-corrected chi connectivity index (χ1v) is 21.8. The van der Waals surface area contributed by atoms with Gasteiger partial charge in [0.15, 0.2) is 6.10 Å². The predicted molar refractivity (Wildman–Crippen MR) is 224 cm³/mol. The van der Waals surface area contributed by atoms with Gasteiger partial charge < -0.3 is 14.2 Å². The third kappa shape index (κ3) is 40.1. The molecule has 0 saturated heterocycles. The third-order valence-corrected chi connectivity index (χ3v) is 9.07. The van der Waals surface area contributed by atoms with E-state index in [1.165, 1.54) is 89.9 Å². The molecule has 0 radical (unpaired) electrons. The van der Waals surface area contributed by atoms with Crippen molar-refractivity contribution < 1.29 is 28.6 Å². The molecule has 0 fully saturated rings. The van der Waals surface area contributed by atoms with Crippen molar-refractivity contribution in [3.8, 4) is 0 Å². The lowest BCUT2D eigenvalue weighted by Crippen LogP contribution is -2.30. The van der Waals surface area contributed by atoms with Crippen LogP contribution in [0.25, 0.3) is 0 Å². The van der Waals surface area contributed by atoms with Crippen LogP contribution in [0.15, 0.2) is 60.8 Å². The topological polar surface area (TPSA) is 78.9 Å². The van der Waals surface area contributed by atoms with Crippen molar-refractivity contribution in [2.45, 2.75) is 207 Å². The summed E-state index contributed by atoms with van der Waals surface area (Å²) in [6.45, 7) is 6.36. The van der Waals surface area contributed by atoms with Crippen LogP contribution in [0.5, 0.6) is 0 Å². The average Bonchev–Trinajstić information content (AvgIpc) is 3.15. The summed E-state index contributed by atoms with van der Waals surface area (Å²) in [4.78, 5) is 37.4. The van der Waals surface area contributed by atoms with E-state index in [-0.39, 0.29) is 31.6 Å². The Balaban J connectivity index is 4.42. The van der Waals surface area contributed by atoms with Crippen LogP contribution in [-0.2, 0) is 28.6 Å². The maximum Gasteiger partial charge on any atom is 0.309 e. The van der Waals surface area contributed by atoms with Crippen LogP contribution >= 0.6 is 0 Å². The number of allylic oxidation sites excluding steroid dienone is 9. The summed E-state index contributed by atoms with van der Waals surface area (Å²) in [7, 11) is 0. The van der Waals surface area contributed by atoms with E-state index in [0.717, 1.165) is 70.6 Å². The largest absolute Gasteiger partial charge is 0.462 e. The Labute approximate surface area is 326 Å². The highest BCUT2D eigenvalue weighted by molar-refractivity contribution is 5.72. The lowest BCUT2D eigenvalue weighted by molar-refractivity contribution is -0.166. The van der Waals surface area contributed by atoms with E-state index in [1.54, 1.807) is 6.08 Å². The van der Waals surface area contributed by atoms with E-state index >= 15 is 0 Å². The molecule has 0 N–H and O–H groups in total. The van der Waals surface area contributed by atoms with Crippen molar-refractivity contribution in [1.82, 2.24) is 0 Å². The maximum atomic E-state index is 12.7. The zero-order valence-corrected chi connectivity index (χ0v) is 34.5. The number of unbranched alkanes of at least 4 members (excludes halogenated alkanes) is 18. The van der Waals surface area contributed by atoms with Gasteiger partial charge in [0.2, 0.25) is 0 Å². The Bertz CT molecular complexity index is 991. The van der Waals surface area contributed by atoms with Gasteiger partial charge in [-0.05, 0) is 44.9 Å². The van der Waals surface area contributed by atoms with E-state index in [2.05, 4.69) is 69.4 Å². The van der Waals surface area contributed by atoms with Gasteiger partial charge in [-0.15, -0.1) is 0 Å². The zero-order chi connectivity index (χ0) is 38.7. The summed E-state index contributed by atoms with van der Waals surface area (Å²) in [6.07, 6.45) is 49.6. The number of ether oxygens (including phenoxy) is 3. The second-order valence-corrected chi connectivity index (χ2v) is 14.3. The predicted octanol–water partition coefficient (Wildman–Crippen LogP) is 13.7. The number of hydrogen-bond acceptors (Lipinski definition) is 6.